The van der Waals surface area contributed by atoms with Gasteiger partial charge >= 0.3 is 0 Å². The first-order chi connectivity index (χ1) is 12.1. The third-order valence-corrected chi connectivity index (χ3v) is 4.15. The van der Waals surface area contributed by atoms with E-state index in [-0.39, 0.29) is 18.4 Å². The van der Waals surface area contributed by atoms with E-state index in [0.717, 1.165) is 11.4 Å². The summed E-state index contributed by atoms with van der Waals surface area (Å²) in [5.74, 6) is 2.09. The largest absolute Gasteiger partial charge is 0.420 e. The molecule has 0 spiro atoms. The molecule has 0 radical (unpaired) electrons. The van der Waals surface area contributed by atoms with Gasteiger partial charge in [-0.15, -0.1) is 10.2 Å². The number of piperazine rings is 1. The third kappa shape index (κ3) is 3.79. The monoisotopic (exact) mass is 345 g/mol. The van der Waals surface area contributed by atoms with Crippen LogP contribution < -0.4 is 4.90 Å². The van der Waals surface area contributed by atoms with Crippen LogP contribution in [0.4, 0.5) is 5.82 Å². The number of carbonyl (C=O) groups excluding carboxylic acids is 1. The second-order valence-electron chi connectivity index (χ2n) is 6.28. The Morgan fingerprint density at radius 2 is 2.04 bits per heavy atom. The first-order valence-corrected chi connectivity index (χ1v) is 8.40. The summed E-state index contributed by atoms with van der Waals surface area (Å²) >= 11 is 0. The zero-order valence-corrected chi connectivity index (χ0v) is 14.8. The fourth-order valence-corrected chi connectivity index (χ4v) is 2.78. The molecule has 2 aromatic rings. The van der Waals surface area contributed by atoms with Gasteiger partial charge in [-0.3, -0.25) is 4.79 Å². The van der Waals surface area contributed by atoms with Gasteiger partial charge in [0, 0.05) is 45.4 Å². The Hall–Kier alpha value is -2.48. The van der Waals surface area contributed by atoms with Crippen LogP contribution in [0.3, 0.4) is 0 Å². The molecule has 0 bridgehead atoms. The normalized spacial score (nSPS) is 15.0. The summed E-state index contributed by atoms with van der Waals surface area (Å²) in [6, 6.07) is 3.79. The summed E-state index contributed by atoms with van der Waals surface area (Å²) in [5.41, 5.74) is 0.818. The average molecular weight is 345 g/mol. The molecule has 1 fully saturated rings. The van der Waals surface area contributed by atoms with Crippen LogP contribution in [0.15, 0.2) is 22.7 Å². The molecular formula is C17H23N5O3. The van der Waals surface area contributed by atoms with Crippen molar-refractivity contribution in [3.63, 3.8) is 0 Å². The first-order valence-electron chi connectivity index (χ1n) is 8.40. The molecule has 0 unspecified atom stereocenters. The van der Waals surface area contributed by atoms with Crippen LogP contribution in [0.2, 0.25) is 0 Å². The van der Waals surface area contributed by atoms with Gasteiger partial charge in [-0.05, 0) is 12.1 Å². The Bertz CT molecular complexity index is 723. The molecule has 1 saturated heterocycles. The fraction of sp³-hybridized carbons (Fsp3) is 0.529. The summed E-state index contributed by atoms with van der Waals surface area (Å²) < 4.78 is 10.7. The number of carbonyl (C=O) groups is 1. The van der Waals surface area contributed by atoms with E-state index >= 15 is 0 Å². The summed E-state index contributed by atoms with van der Waals surface area (Å²) in [7, 11) is 1.53. The lowest BCUT2D eigenvalue weighted by Crippen LogP contribution is -2.50. The van der Waals surface area contributed by atoms with E-state index in [2.05, 4.69) is 20.1 Å². The number of rotatable bonds is 5. The number of hydrogen-bond donors (Lipinski definition) is 0. The van der Waals surface area contributed by atoms with Gasteiger partial charge in [0.2, 0.25) is 11.8 Å². The highest BCUT2D eigenvalue weighted by Gasteiger charge is 2.25. The summed E-state index contributed by atoms with van der Waals surface area (Å²) in [4.78, 5) is 20.4. The molecule has 0 atom stereocenters. The van der Waals surface area contributed by atoms with Crippen LogP contribution in [-0.4, -0.2) is 65.9 Å². The number of ether oxygens (including phenoxy) is 1. The maximum atomic E-state index is 11.9. The number of nitrogens with zero attached hydrogens (tertiary/aromatic N) is 5. The Balaban J connectivity index is 1.77. The summed E-state index contributed by atoms with van der Waals surface area (Å²) in [5, 5.41) is 8.27. The van der Waals surface area contributed by atoms with Crippen LogP contribution in [0, 0.1) is 0 Å². The molecule has 1 aliphatic rings. The smallest absolute Gasteiger partial charge is 0.251 e. The number of hydrogen-bond acceptors (Lipinski definition) is 7. The molecule has 0 aliphatic carbocycles. The Kier molecular flexibility index (Phi) is 5.28. The molecule has 8 heteroatoms. The Morgan fingerprint density at radius 1 is 1.28 bits per heavy atom. The van der Waals surface area contributed by atoms with Crippen LogP contribution in [-0.2, 0) is 9.53 Å². The maximum Gasteiger partial charge on any atom is 0.251 e. The van der Waals surface area contributed by atoms with Gasteiger partial charge in [0.05, 0.1) is 5.56 Å². The highest BCUT2D eigenvalue weighted by molar-refractivity contribution is 5.78. The van der Waals surface area contributed by atoms with Crippen molar-refractivity contribution >= 4 is 11.7 Å². The fourth-order valence-electron chi connectivity index (χ4n) is 2.78. The van der Waals surface area contributed by atoms with Crippen molar-refractivity contribution in [3.8, 4) is 11.5 Å². The maximum absolute atomic E-state index is 11.9. The van der Waals surface area contributed by atoms with Crippen LogP contribution >= 0.6 is 0 Å². The van der Waals surface area contributed by atoms with Gasteiger partial charge in [0.25, 0.3) is 5.89 Å². The number of aromatic nitrogens is 3. The summed E-state index contributed by atoms with van der Waals surface area (Å²) in [6.45, 7) is 6.82. The molecular weight excluding hydrogens is 322 g/mol. The van der Waals surface area contributed by atoms with Crippen LogP contribution in [0.25, 0.3) is 11.5 Å². The van der Waals surface area contributed by atoms with Gasteiger partial charge in [0.15, 0.2) is 0 Å². The van der Waals surface area contributed by atoms with Crippen molar-refractivity contribution < 1.29 is 13.9 Å². The molecule has 134 valence electrons. The first kappa shape index (κ1) is 17.3. The lowest BCUT2D eigenvalue weighted by atomic mass is 10.2. The van der Waals surface area contributed by atoms with Gasteiger partial charge in [-0.25, -0.2) is 4.98 Å². The van der Waals surface area contributed by atoms with Crippen molar-refractivity contribution in [2.24, 2.45) is 0 Å². The number of amides is 1. The Labute approximate surface area is 146 Å². The van der Waals surface area contributed by atoms with Crippen molar-refractivity contribution in [3.05, 3.63) is 24.2 Å². The highest BCUT2D eigenvalue weighted by Crippen LogP contribution is 2.29. The van der Waals surface area contributed by atoms with E-state index < -0.39 is 0 Å². The van der Waals surface area contributed by atoms with Crippen molar-refractivity contribution in [2.45, 2.75) is 19.8 Å². The van der Waals surface area contributed by atoms with Crippen LogP contribution in [0.1, 0.15) is 25.7 Å². The van der Waals surface area contributed by atoms with E-state index in [4.69, 9.17) is 9.15 Å². The summed E-state index contributed by atoms with van der Waals surface area (Å²) in [6.07, 6.45) is 1.75. The van der Waals surface area contributed by atoms with Gasteiger partial charge < -0.3 is 19.0 Å². The predicted octanol–water partition coefficient (Wildman–Crippen LogP) is 1.55. The van der Waals surface area contributed by atoms with Gasteiger partial charge in [0.1, 0.15) is 12.4 Å². The predicted molar refractivity (Wildman–Crippen MR) is 92.3 cm³/mol. The molecule has 8 nitrogen and oxygen atoms in total. The molecule has 25 heavy (non-hydrogen) atoms. The lowest BCUT2D eigenvalue weighted by molar-refractivity contribution is -0.135. The molecule has 0 aromatic carbocycles. The van der Waals surface area contributed by atoms with E-state index in [9.17, 15) is 4.79 Å². The van der Waals surface area contributed by atoms with Crippen LogP contribution in [0.5, 0.6) is 0 Å². The minimum atomic E-state index is 0.0156. The minimum absolute atomic E-state index is 0.0156. The quantitative estimate of drug-likeness (QED) is 0.813. The van der Waals surface area contributed by atoms with Gasteiger partial charge in [-0.2, -0.15) is 0 Å². The molecule has 0 saturated carbocycles. The Morgan fingerprint density at radius 3 is 2.68 bits per heavy atom. The third-order valence-electron chi connectivity index (χ3n) is 4.15. The molecule has 1 aliphatic heterocycles. The number of anilines is 1. The van der Waals surface area contributed by atoms with E-state index in [0.29, 0.717) is 38.0 Å². The molecule has 3 heterocycles. The molecule has 3 rings (SSSR count). The van der Waals surface area contributed by atoms with E-state index in [1.54, 1.807) is 6.20 Å². The zero-order chi connectivity index (χ0) is 17.8. The second-order valence-corrected chi connectivity index (χ2v) is 6.28. The number of pyridine rings is 1. The average Bonchev–Trinajstić information content (AvgIpc) is 3.12. The topological polar surface area (TPSA) is 84.6 Å². The van der Waals surface area contributed by atoms with Crippen molar-refractivity contribution in [1.29, 1.82) is 0 Å². The van der Waals surface area contributed by atoms with Gasteiger partial charge in [-0.1, -0.05) is 13.8 Å². The van der Waals surface area contributed by atoms with E-state index in [1.165, 1.54) is 7.11 Å². The molecule has 0 N–H and O–H groups in total. The van der Waals surface area contributed by atoms with Crippen molar-refractivity contribution in [2.75, 3.05) is 44.8 Å². The minimum Gasteiger partial charge on any atom is -0.420 e. The molecule has 2 aromatic heterocycles. The standard InChI is InChI=1S/C17H23N5O3/c1-12(2)16-19-20-17(25-16)13-5-4-6-18-15(13)22-9-7-21(8-10-22)14(23)11-24-3/h4-6,12H,7-11H2,1-3H3. The zero-order valence-electron chi connectivity index (χ0n) is 14.8. The SMILES string of the molecule is COCC(=O)N1CCN(c2ncccc2-c2nnc(C(C)C)o2)CC1. The lowest BCUT2D eigenvalue weighted by Gasteiger charge is -2.35. The second kappa shape index (κ2) is 7.60. The number of methoxy groups -OCH3 is 1. The van der Waals surface area contributed by atoms with Crippen molar-refractivity contribution in [1.82, 2.24) is 20.1 Å². The molecule has 1 amide bonds. The highest BCUT2D eigenvalue weighted by atomic mass is 16.5. The van der Waals surface area contributed by atoms with E-state index in [1.807, 2.05) is 30.9 Å².